The number of rotatable bonds is 2. The zero-order valence-corrected chi connectivity index (χ0v) is 7.68. The number of thiazole rings is 1. The molecule has 0 spiro atoms. The largest absolute Gasteiger partial charge is 0.378 e. The van der Waals surface area contributed by atoms with Gasteiger partial charge in [0.05, 0.1) is 11.2 Å². The number of hydrogen-bond acceptors (Lipinski definition) is 3. The monoisotopic (exact) mass is 178 g/mol. The summed E-state index contributed by atoms with van der Waals surface area (Å²) < 4.78 is 0. The molecule has 1 N–H and O–H groups in total. The van der Waals surface area contributed by atoms with E-state index in [1.165, 1.54) is 10.7 Å². The number of halogens is 1. The summed E-state index contributed by atoms with van der Waals surface area (Å²) in [6.45, 7) is 2.11. The standard InChI is InChI=1S/C6H10N2S.ClH/c1-3-5-6(7-2)9-4-8-5;/h4,7H,3H2,1-2H3;1H. The van der Waals surface area contributed by atoms with Crippen molar-refractivity contribution in [2.45, 2.75) is 13.3 Å². The Hall–Kier alpha value is -0.280. The second-order valence-electron chi connectivity index (χ2n) is 1.73. The Labute approximate surface area is 71.1 Å². The predicted octanol–water partition coefficient (Wildman–Crippen LogP) is 2.17. The summed E-state index contributed by atoms with van der Waals surface area (Å²) in [5, 5.41) is 4.27. The second kappa shape index (κ2) is 4.52. The van der Waals surface area contributed by atoms with Gasteiger partial charge in [-0.2, -0.15) is 0 Å². The molecule has 1 rings (SSSR count). The minimum Gasteiger partial charge on any atom is -0.378 e. The van der Waals surface area contributed by atoms with Crippen molar-refractivity contribution < 1.29 is 0 Å². The fourth-order valence-electron chi connectivity index (χ4n) is 0.724. The summed E-state index contributed by atoms with van der Waals surface area (Å²) in [6.07, 6.45) is 1.01. The first-order valence-electron chi connectivity index (χ1n) is 2.98. The van der Waals surface area contributed by atoms with Crippen LogP contribution < -0.4 is 5.32 Å². The third-order valence-electron chi connectivity index (χ3n) is 1.20. The molecule has 0 unspecified atom stereocenters. The summed E-state index contributed by atoms with van der Waals surface area (Å²) in [7, 11) is 1.92. The Morgan fingerprint density at radius 2 is 2.40 bits per heavy atom. The lowest BCUT2D eigenvalue weighted by Gasteiger charge is -1.94. The summed E-state index contributed by atoms with van der Waals surface area (Å²) in [5.74, 6) is 0. The minimum atomic E-state index is 0. The van der Waals surface area contributed by atoms with Gasteiger partial charge in [0.1, 0.15) is 5.00 Å². The molecule has 0 aromatic carbocycles. The van der Waals surface area contributed by atoms with Crippen LogP contribution in [0.25, 0.3) is 0 Å². The lowest BCUT2D eigenvalue weighted by Crippen LogP contribution is -1.89. The quantitative estimate of drug-likeness (QED) is 0.751. The molecule has 0 bridgehead atoms. The number of nitrogens with zero attached hydrogens (tertiary/aromatic N) is 1. The molecular formula is C6H11ClN2S. The Morgan fingerprint density at radius 1 is 1.70 bits per heavy atom. The van der Waals surface area contributed by atoms with Crippen molar-refractivity contribution in [2.24, 2.45) is 0 Å². The van der Waals surface area contributed by atoms with Crippen LogP contribution in [0.4, 0.5) is 5.00 Å². The van der Waals surface area contributed by atoms with Gasteiger partial charge in [-0.1, -0.05) is 6.92 Å². The Bertz CT molecular complexity index is 169. The molecule has 0 saturated heterocycles. The molecule has 0 saturated carbocycles. The summed E-state index contributed by atoms with van der Waals surface area (Å²) in [6, 6.07) is 0. The first-order chi connectivity index (χ1) is 4.38. The number of anilines is 1. The molecule has 1 aromatic heterocycles. The molecule has 0 atom stereocenters. The van der Waals surface area contributed by atoms with E-state index in [9.17, 15) is 0 Å². The molecule has 0 aliphatic carbocycles. The van der Waals surface area contributed by atoms with Crippen LogP contribution in [0.1, 0.15) is 12.6 Å². The summed E-state index contributed by atoms with van der Waals surface area (Å²) in [4.78, 5) is 4.16. The van der Waals surface area contributed by atoms with Gasteiger partial charge in [0.15, 0.2) is 0 Å². The van der Waals surface area contributed by atoms with Crippen LogP contribution in [-0.4, -0.2) is 12.0 Å². The van der Waals surface area contributed by atoms with E-state index < -0.39 is 0 Å². The molecule has 0 radical (unpaired) electrons. The third kappa shape index (κ3) is 1.85. The van der Waals surface area contributed by atoms with E-state index in [1.807, 2.05) is 12.6 Å². The first kappa shape index (κ1) is 9.72. The number of aromatic nitrogens is 1. The van der Waals surface area contributed by atoms with E-state index in [0.717, 1.165) is 6.42 Å². The summed E-state index contributed by atoms with van der Waals surface area (Å²) in [5.41, 5.74) is 3.03. The lowest BCUT2D eigenvalue weighted by molar-refractivity contribution is 1.06. The molecule has 58 valence electrons. The number of aryl methyl sites for hydroxylation is 1. The van der Waals surface area contributed by atoms with E-state index in [0.29, 0.717) is 0 Å². The molecule has 1 aromatic rings. The molecule has 0 aliphatic rings. The Morgan fingerprint density at radius 3 is 2.80 bits per heavy atom. The fraction of sp³-hybridized carbons (Fsp3) is 0.500. The Kier molecular flexibility index (Phi) is 4.40. The van der Waals surface area contributed by atoms with Crippen LogP contribution in [0.15, 0.2) is 5.51 Å². The molecule has 2 nitrogen and oxygen atoms in total. The van der Waals surface area contributed by atoms with Crippen molar-refractivity contribution in [2.75, 3.05) is 12.4 Å². The third-order valence-corrected chi connectivity index (χ3v) is 2.09. The maximum absolute atomic E-state index is 4.16. The highest BCUT2D eigenvalue weighted by Gasteiger charge is 1.98. The lowest BCUT2D eigenvalue weighted by atomic mass is 10.4. The zero-order valence-electron chi connectivity index (χ0n) is 6.05. The van der Waals surface area contributed by atoms with Gasteiger partial charge in [-0.05, 0) is 6.42 Å². The molecular weight excluding hydrogens is 168 g/mol. The minimum absolute atomic E-state index is 0. The van der Waals surface area contributed by atoms with Gasteiger partial charge in [0.2, 0.25) is 0 Å². The van der Waals surface area contributed by atoms with E-state index >= 15 is 0 Å². The average Bonchev–Trinajstić information content (AvgIpc) is 2.33. The van der Waals surface area contributed by atoms with Crippen molar-refractivity contribution in [3.8, 4) is 0 Å². The van der Waals surface area contributed by atoms with Gasteiger partial charge in [0.25, 0.3) is 0 Å². The topological polar surface area (TPSA) is 24.9 Å². The van der Waals surface area contributed by atoms with Gasteiger partial charge in [-0.15, -0.1) is 23.7 Å². The smallest absolute Gasteiger partial charge is 0.111 e. The highest BCUT2D eigenvalue weighted by Crippen LogP contribution is 2.18. The van der Waals surface area contributed by atoms with E-state index in [1.54, 1.807) is 11.3 Å². The molecule has 0 aliphatic heterocycles. The van der Waals surface area contributed by atoms with Crippen molar-refractivity contribution in [1.29, 1.82) is 0 Å². The highest BCUT2D eigenvalue weighted by atomic mass is 35.5. The first-order valence-corrected chi connectivity index (χ1v) is 3.86. The van der Waals surface area contributed by atoms with Crippen LogP contribution in [0.2, 0.25) is 0 Å². The van der Waals surface area contributed by atoms with Crippen LogP contribution in [0.3, 0.4) is 0 Å². The molecule has 4 heteroatoms. The van der Waals surface area contributed by atoms with Crippen LogP contribution in [-0.2, 0) is 6.42 Å². The van der Waals surface area contributed by atoms with Crippen molar-refractivity contribution in [3.63, 3.8) is 0 Å². The van der Waals surface area contributed by atoms with E-state index in [4.69, 9.17) is 0 Å². The van der Waals surface area contributed by atoms with Gasteiger partial charge in [-0.3, -0.25) is 0 Å². The maximum atomic E-state index is 4.16. The molecule has 0 fully saturated rings. The van der Waals surface area contributed by atoms with Crippen LogP contribution >= 0.6 is 23.7 Å². The van der Waals surface area contributed by atoms with E-state index in [2.05, 4.69) is 17.2 Å². The highest BCUT2D eigenvalue weighted by molar-refractivity contribution is 7.14. The van der Waals surface area contributed by atoms with E-state index in [-0.39, 0.29) is 12.4 Å². The van der Waals surface area contributed by atoms with Gasteiger partial charge in [-0.25, -0.2) is 4.98 Å². The molecule has 0 amide bonds. The van der Waals surface area contributed by atoms with Gasteiger partial charge < -0.3 is 5.32 Å². The number of nitrogens with one attached hydrogen (secondary N) is 1. The second-order valence-corrected chi connectivity index (χ2v) is 2.59. The Balaban J connectivity index is 0.000000810. The van der Waals surface area contributed by atoms with Crippen molar-refractivity contribution in [1.82, 2.24) is 4.98 Å². The maximum Gasteiger partial charge on any atom is 0.111 e. The van der Waals surface area contributed by atoms with Gasteiger partial charge >= 0.3 is 0 Å². The SMILES string of the molecule is CCc1ncsc1NC.Cl. The molecule has 10 heavy (non-hydrogen) atoms. The summed E-state index contributed by atoms with van der Waals surface area (Å²) >= 11 is 1.65. The average molecular weight is 179 g/mol. The zero-order chi connectivity index (χ0) is 6.69. The predicted molar refractivity (Wildman–Crippen MR) is 48.3 cm³/mol. The van der Waals surface area contributed by atoms with Gasteiger partial charge in [0, 0.05) is 7.05 Å². The van der Waals surface area contributed by atoms with Crippen molar-refractivity contribution >= 4 is 28.7 Å². The molecule has 1 heterocycles. The van der Waals surface area contributed by atoms with Crippen LogP contribution in [0, 0.1) is 0 Å². The fourth-order valence-corrected chi connectivity index (χ4v) is 1.46. The van der Waals surface area contributed by atoms with Crippen molar-refractivity contribution in [3.05, 3.63) is 11.2 Å². The number of hydrogen-bond donors (Lipinski definition) is 1. The normalized spacial score (nSPS) is 8.60. The van der Waals surface area contributed by atoms with Crippen LogP contribution in [0.5, 0.6) is 0 Å².